The third kappa shape index (κ3) is 1.07. The smallest absolute Gasteiger partial charge is 0.353 e. The molecule has 0 aliphatic carbocycles. The molecule has 6 nitrogen and oxygen atoms in total. The zero-order valence-corrected chi connectivity index (χ0v) is 7.35. The Labute approximate surface area is 73.8 Å². The average Bonchev–Trinajstić information content (AvgIpc) is 2.62. The molecule has 68 valence electrons. The van der Waals surface area contributed by atoms with Gasteiger partial charge in [0.1, 0.15) is 0 Å². The first-order valence-electron chi connectivity index (χ1n) is 3.83. The van der Waals surface area contributed by atoms with Gasteiger partial charge in [-0.1, -0.05) is 0 Å². The van der Waals surface area contributed by atoms with Crippen LogP contribution < -0.4 is 5.69 Å². The van der Waals surface area contributed by atoms with Crippen LogP contribution in [0.4, 0.5) is 0 Å². The molecule has 0 spiro atoms. The Hall–Kier alpha value is -1.85. The molecule has 0 amide bonds. The molecule has 6 heteroatoms. The number of tetrazole rings is 1. The summed E-state index contributed by atoms with van der Waals surface area (Å²) in [5.74, 6) is 0. The fourth-order valence-electron chi connectivity index (χ4n) is 1.17. The summed E-state index contributed by atoms with van der Waals surface area (Å²) in [6, 6.07) is 1.82. The summed E-state index contributed by atoms with van der Waals surface area (Å²) in [7, 11) is 1.91. The Morgan fingerprint density at radius 1 is 1.54 bits per heavy atom. The highest BCUT2D eigenvalue weighted by Gasteiger charge is 2.07. The molecule has 2 heterocycles. The molecule has 2 aromatic rings. The maximum atomic E-state index is 11.2. The SMILES string of the molecule is Cc1c(-n2nn[nH]c2=O)ccn1C. The number of aromatic nitrogens is 5. The number of H-pyrrole nitrogens is 1. The second-order valence-corrected chi connectivity index (χ2v) is 2.82. The molecule has 1 N–H and O–H groups in total. The van der Waals surface area contributed by atoms with Gasteiger partial charge in [-0.05, 0) is 23.4 Å². The maximum Gasteiger partial charge on any atom is 0.365 e. The Morgan fingerprint density at radius 2 is 2.31 bits per heavy atom. The topological polar surface area (TPSA) is 68.5 Å². The van der Waals surface area contributed by atoms with Gasteiger partial charge in [0.2, 0.25) is 0 Å². The fourth-order valence-corrected chi connectivity index (χ4v) is 1.17. The molecule has 0 unspecified atom stereocenters. The van der Waals surface area contributed by atoms with Crippen molar-refractivity contribution in [2.45, 2.75) is 6.92 Å². The molecule has 0 atom stereocenters. The average molecular weight is 179 g/mol. The predicted molar refractivity (Wildman–Crippen MR) is 45.7 cm³/mol. The molecule has 0 saturated carbocycles. The standard InChI is InChI=1S/C7H9N5O/c1-5-6(3-4-11(5)2)12-7(13)8-9-10-12/h3-4H,1-2H3,(H,8,10,13). The number of rotatable bonds is 1. The highest BCUT2D eigenvalue weighted by molar-refractivity contribution is 5.35. The Balaban J connectivity index is 2.66. The van der Waals surface area contributed by atoms with Gasteiger partial charge in [-0.15, -0.1) is 0 Å². The third-order valence-electron chi connectivity index (χ3n) is 2.06. The van der Waals surface area contributed by atoms with E-state index < -0.39 is 0 Å². The first-order chi connectivity index (χ1) is 6.20. The number of nitrogens with zero attached hydrogens (tertiary/aromatic N) is 4. The van der Waals surface area contributed by atoms with Gasteiger partial charge in [-0.2, -0.15) is 4.68 Å². The molecule has 2 aromatic heterocycles. The lowest BCUT2D eigenvalue weighted by molar-refractivity contribution is 0.766. The van der Waals surface area contributed by atoms with Crippen molar-refractivity contribution in [3.8, 4) is 5.69 Å². The first kappa shape index (κ1) is 7.78. The molecule has 0 fully saturated rings. The molecule has 0 aromatic carbocycles. The summed E-state index contributed by atoms with van der Waals surface area (Å²) in [6.07, 6.45) is 1.87. The van der Waals surface area contributed by atoms with E-state index in [0.29, 0.717) is 0 Å². The van der Waals surface area contributed by atoms with E-state index in [1.54, 1.807) is 0 Å². The van der Waals surface area contributed by atoms with E-state index in [-0.39, 0.29) is 5.69 Å². The normalized spacial score (nSPS) is 10.6. The Morgan fingerprint density at radius 3 is 2.77 bits per heavy atom. The van der Waals surface area contributed by atoms with Crippen LogP contribution in [0.1, 0.15) is 5.69 Å². The van der Waals surface area contributed by atoms with E-state index in [4.69, 9.17) is 0 Å². The highest BCUT2D eigenvalue weighted by atomic mass is 16.2. The van der Waals surface area contributed by atoms with Crippen LogP contribution >= 0.6 is 0 Å². The van der Waals surface area contributed by atoms with E-state index in [1.165, 1.54) is 4.68 Å². The fraction of sp³-hybridized carbons (Fsp3) is 0.286. The monoisotopic (exact) mass is 179 g/mol. The minimum atomic E-state index is -0.325. The Kier molecular flexibility index (Phi) is 1.54. The van der Waals surface area contributed by atoms with Gasteiger partial charge in [0.05, 0.1) is 5.69 Å². The molecular weight excluding hydrogens is 170 g/mol. The van der Waals surface area contributed by atoms with Crippen LogP contribution in [0.15, 0.2) is 17.1 Å². The summed E-state index contributed by atoms with van der Waals surface area (Å²) in [6.45, 7) is 1.91. The number of aryl methyl sites for hydroxylation is 1. The second-order valence-electron chi connectivity index (χ2n) is 2.82. The van der Waals surface area contributed by atoms with Gasteiger partial charge in [0.25, 0.3) is 0 Å². The quantitative estimate of drug-likeness (QED) is 0.647. The van der Waals surface area contributed by atoms with Crippen LogP contribution in [0, 0.1) is 6.92 Å². The van der Waals surface area contributed by atoms with Crippen molar-refractivity contribution in [3.63, 3.8) is 0 Å². The lowest BCUT2D eigenvalue weighted by Crippen LogP contribution is -2.16. The number of nitrogens with one attached hydrogen (secondary N) is 1. The number of aromatic amines is 1. The van der Waals surface area contributed by atoms with Gasteiger partial charge in [0.15, 0.2) is 0 Å². The minimum Gasteiger partial charge on any atom is -0.353 e. The van der Waals surface area contributed by atoms with Crippen LogP contribution in [0.3, 0.4) is 0 Å². The van der Waals surface area contributed by atoms with E-state index in [0.717, 1.165) is 11.4 Å². The van der Waals surface area contributed by atoms with Crippen LogP contribution in [-0.4, -0.2) is 24.8 Å². The summed E-state index contributed by atoms with van der Waals surface area (Å²) in [4.78, 5) is 11.2. The van der Waals surface area contributed by atoms with Crippen LogP contribution in [0.25, 0.3) is 5.69 Å². The lowest BCUT2D eigenvalue weighted by atomic mass is 10.4. The predicted octanol–water partition coefficient (Wildman–Crippen LogP) is -0.397. The van der Waals surface area contributed by atoms with Crippen LogP contribution in [0.5, 0.6) is 0 Å². The summed E-state index contributed by atoms with van der Waals surface area (Å²) < 4.78 is 3.14. The molecule has 0 saturated heterocycles. The zero-order valence-electron chi connectivity index (χ0n) is 7.35. The van der Waals surface area contributed by atoms with E-state index in [9.17, 15) is 4.79 Å². The number of hydrogen-bond acceptors (Lipinski definition) is 3. The van der Waals surface area contributed by atoms with Crippen molar-refractivity contribution in [1.82, 2.24) is 24.8 Å². The van der Waals surface area contributed by atoms with Crippen molar-refractivity contribution < 1.29 is 0 Å². The van der Waals surface area contributed by atoms with Gasteiger partial charge < -0.3 is 4.57 Å². The van der Waals surface area contributed by atoms with Gasteiger partial charge in [-0.25, -0.2) is 9.89 Å². The Bertz CT molecular complexity index is 477. The molecule has 0 aliphatic heterocycles. The maximum absolute atomic E-state index is 11.2. The number of hydrogen-bond donors (Lipinski definition) is 1. The molecule has 0 aliphatic rings. The molecular formula is C7H9N5O. The van der Waals surface area contributed by atoms with E-state index in [2.05, 4.69) is 15.5 Å². The minimum absolute atomic E-state index is 0.325. The first-order valence-corrected chi connectivity index (χ1v) is 3.83. The van der Waals surface area contributed by atoms with E-state index >= 15 is 0 Å². The van der Waals surface area contributed by atoms with E-state index in [1.807, 2.05) is 30.8 Å². The zero-order chi connectivity index (χ0) is 9.42. The van der Waals surface area contributed by atoms with Crippen molar-refractivity contribution in [3.05, 3.63) is 28.4 Å². The van der Waals surface area contributed by atoms with Crippen molar-refractivity contribution >= 4 is 0 Å². The van der Waals surface area contributed by atoms with Crippen LogP contribution in [0.2, 0.25) is 0 Å². The second kappa shape index (κ2) is 2.58. The molecule has 13 heavy (non-hydrogen) atoms. The van der Waals surface area contributed by atoms with Crippen molar-refractivity contribution in [1.29, 1.82) is 0 Å². The lowest BCUT2D eigenvalue weighted by Gasteiger charge is -1.98. The van der Waals surface area contributed by atoms with Gasteiger partial charge >= 0.3 is 5.69 Å². The van der Waals surface area contributed by atoms with Gasteiger partial charge in [0, 0.05) is 18.9 Å². The summed E-state index contributed by atoms with van der Waals surface area (Å²) in [5, 5.41) is 9.30. The summed E-state index contributed by atoms with van der Waals surface area (Å²) in [5.41, 5.74) is 1.39. The molecule has 2 rings (SSSR count). The van der Waals surface area contributed by atoms with Gasteiger partial charge in [-0.3, -0.25) is 0 Å². The van der Waals surface area contributed by atoms with Crippen molar-refractivity contribution in [2.24, 2.45) is 7.05 Å². The summed E-state index contributed by atoms with van der Waals surface area (Å²) >= 11 is 0. The van der Waals surface area contributed by atoms with Crippen molar-refractivity contribution in [2.75, 3.05) is 0 Å². The molecule has 0 radical (unpaired) electrons. The largest absolute Gasteiger partial charge is 0.365 e. The third-order valence-corrected chi connectivity index (χ3v) is 2.06. The van der Waals surface area contributed by atoms with Crippen LogP contribution in [-0.2, 0) is 7.05 Å². The highest BCUT2D eigenvalue weighted by Crippen LogP contribution is 2.09. The molecule has 0 bridgehead atoms.